The summed E-state index contributed by atoms with van der Waals surface area (Å²) in [6.07, 6.45) is 0. The number of rotatable bonds is 5. The van der Waals surface area contributed by atoms with Gasteiger partial charge in [-0.15, -0.1) is 0 Å². The minimum atomic E-state index is 0.300. The topological polar surface area (TPSA) is 21.3 Å². The van der Waals surface area contributed by atoms with E-state index in [0.29, 0.717) is 6.04 Å². The maximum atomic E-state index is 5.18. The molecule has 2 aromatic carbocycles. The molecule has 2 aromatic rings. The van der Waals surface area contributed by atoms with E-state index >= 15 is 0 Å². The first-order chi connectivity index (χ1) is 9.60. The average molecular weight is 334 g/mol. The van der Waals surface area contributed by atoms with Crippen molar-refractivity contribution < 1.29 is 4.74 Å². The van der Waals surface area contributed by atoms with Crippen LogP contribution in [0.25, 0.3) is 0 Å². The van der Waals surface area contributed by atoms with E-state index in [-0.39, 0.29) is 0 Å². The smallest absolute Gasteiger partial charge is 0.118 e. The average Bonchev–Trinajstić information content (AvgIpc) is 2.46. The number of aryl methyl sites for hydroxylation is 1. The predicted molar refractivity (Wildman–Crippen MR) is 87.1 cm³/mol. The lowest BCUT2D eigenvalue weighted by molar-refractivity contribution is 0.414. The highest BCUT2D eigenvalue weighted by atomic mass is 79.9. The van der Waals surface area contributed by atoms with Crippen LogP contribution < -0.4 is 10.1 Å². The van der Waals surface area contributed by atoms with Crippen LogP contribution >= 0.6 is 15.9 Å². The second kappa shape index (κ2) is 6.91. The molecule has 0 aliphatic heterocycles. The molecule has 0 radical (unpaired) electrons. The van der Waals surface area contributed by atoms with Gasteiger partial charge in [-0.3, -0.25) is 0 Å². The van der Waals surface area contributed by atoms with Crippen LogP contribution in [0.4, 0.5) is 0 Å². The lowest BCUT2D eigenvalue weighted by Gasteiger charge is -2.15. The van der Waals surface area contributed by atoms with E-state index in [1.807, 2.05) is 12.1 Å². The molecule has 0 amide bonds. The zero-order valence-electron chi connectivity index (χ0n) is 12.1. The van der Waals surface area contributed by atoms with Crippen molar-refractivity contribution in [2.24, 2.45) is 0 Å². The van der Waals surface area contributed by atoms with Crippen molar-refractivity contribution in [3.05, 3.63) is 63.6 Å². The third-order valence-electron chi connectivity index (χ3n) is 3.42. The van der Waals surface area contributed by atoms with Crippen LogP contribution in [0.1, 0.15) is 29.7 Å². The number of hydrogen-bond acceptors (Lipinski definition) is 2. The second-order valence-corrected chi connectivity index (χ2v) is 5.82. The molecule has 0 unspecified atom stereocenters. The summed E-state index contributed by atoms with van der Waals surface area (Å²) in [5.74, 6) is 0.891. The van der Waals surface area contributed by atoms with Gasteiger partial charge in [-0.05, 0) is 48.7 Å². The molecule has 2 rings (SSSR count). The zero-order valence-corrected chi connectivity index (χ0v) is 13.7. The molecule has 1 atom stereocenters. The number of halogens is 1. The fraction of sp³-hybridized carbons (Fsp3) is 0.294. The van der Waals surface area contributed by atoms with Gasteiger partial charge in [-0.25, -0.2) is 0 Å². The van der Waals surface area contributed by atoms with Gasteiger partial charge in [-0.1, -0.05) is 40.2 Å². The summed E-state index contributed by atoms with van der Waals surface area (Å²) < 4.78 is 6.34. The minimum Gasteiger partial charge on any atom is -0.497 e. The van der Waals surface area contributed by atoms with Crippen molar-refractivity contribution in [3.63, 3.8) is 0 Å². The summed E-state index contributed by atoms with van der Waals surface area (Å²) in [5.41, 5.74) is 3.80. The molecule has 0 bridgehead atoms. The van der Waals surface area contributed by atoms with Crippen LogP contribution in [0.15, 0.2) is 46.9 Å². The van der Waals surface area contributed by atoms with Crippen LogP contribution in [0, 0.1) is 6.92 Å². The Hall–Kier alpha value is -1.32. The van der Waals surface area contributed by atoms with Gasteiger partial charge in [0.1, 0.15) is 5.75 Å². The third kappa shape index (κ3) is 3.84. The lowest BCUT2D eigenvalue weighted by atomic mass is 10.1. The van der Waals surface area contributed by atoms with Crippen molar-refractivity contribution in [2.45, 2.75) is 26.4 Å². The predicted octanol–water partition coefficient (Wildman–Crippen LogP) is 4.62. The Morgan fingerprint density at radius 1 is 1.15 bits per heavy atom. The summed E-state index contributed by atoms with van der Waals surface area (Å²) in [5, 5.41) is 3.54. The highest BCUT2D eigenvalue weighted by Gasteiger charge is 2.06. The van der Waals surface area contributed by atoms with Crippen LogP contribution in [0.3, 0.4) is 0 Å². The van der Waals surface area contributed by atoms with Gasteiger partial charge in [-0.2, -0.15) is 0 Å². The molecule has 1 N–H and O–H groups in total. The first-order valence-electron chi connectivity index (χ1n) is 6.72. The SMILES string of the molecule is COc1ccc([C@H](C)NCc2ccc(C)cc2Br)cc1. The molecule has 0 fully saturated rings. The van der Waals surface area contributed by atoms with E-state index in [2.05, 4.69) is 65.4 Å². The molecule has 2 nitrogen and oxygen atoms in total. The van der Waals surface area contributed by atoms with Gasteiger partial charge >= 0.3 is 0 Å². The monoisotopic (exact) mass is 333 g/mol. The number of ether oxygens (including phenoxy) is 1. The maximum Gasteiger partial charge on any atom is 0.118 e. The molecule has 0 spiro atoms. The number of hydrogen-bond donors (Lipinski definition) is 1. The molecule has 20 heavy (non-hydrogen) atoms. The summed E-state index contributed by atoms with van der Waals surface area (Å²) in [7, 11) is 1.69. The molecule has 0 heterocycles. The summed E-state index contributed by atoms with van der Waals surface area (Å²) in [6.45, 7) is 5.11. The Balaban J connectivity index is 1.98. The molecule has 0 aliphatic rings. The van der Waals surface area contributed by atoms with Gasteiger partial charge in [0, 0.05) is 17.1 Å². The van der Waals surface area contributed by atoms with Crippen molar-refractivity contribution in [1.82, 2.24) is 5.32 Å². The number of nitrogens with one attached hydrogen (secondary N) is 1. The Bertz CT molecular complexity index is 566. The van der Waals surface area contributed by atoms with E-state index in [4.69, 9.17) is 4.74 Å². The van der Waals surface area contributed by atoms with Crippen LogP contribution in [0.5, 0.6) is 5.75 Å². The third-order valence-corrected chi connectivity index (χ3v) is 4.16. The largest absolute Gasteiger partial charge is 0.497 e. The molecule has 106 valence electrons. The van der Waals surface area contributed by atoms with E-state index in [1.165, 1.54) is 16.7 Å². The fourth-order valence-electron chi connectivity index (χ4n) is 2.07. The summed E-state index contributed by atoms with van der Waals surface area (Å²) in [6, 6.07) is 14.9. The van der Waals surface area contributed by atoms with Gasteiger partial charge < -0.3 is 10.1 Å². The second-order valence-electron chi connectivity index (χ2n) is 4.97. The molecule has 0 aromatic heterocycles. The van der Waals surface area contributed by atoms with Gasteiger partial charge in [0.2, 0.25) is 0 Å². The fourth-order valence-corrected chi connectivity index (χ4v) is 2.70. The van der Waals surface area contributed by atoms with E-state index in [0.717, 1.165) is 16.8 Å². The zero-order chi connectivity index (χ0) is 14.5. The van der Waals surface area contributed by atoms with E-state index < -0.39 is 0 Å². The Labute approximate surface area is 129 Å². The van der Waals surface area contributed by atoms with Crippen molar-refractivity contribution in [2.75, 3.05) is 7.11 Å². The molecule has 0 saturated carbocycles. The first-order valence-corrected chi connectivity index (χ1v) is 7.52. The van der Waals surface area contributed by atoms with Crippen molar-refractivity contribution in [1.29, 1.82) is 0 Å². The van der Waals surface area contributed by atoms with E-state index in [1.54, 1.807) is 7.11 Å². The minimum absolute atomic E-state index is 0.300. The molecule has 0 aliphatic carbocycles. The number of benzene rings is 2. The van der Waals surface area contributed by atoms with Crippen molar-refractivity contribution >= 4 is 15.9 Å². The van der Waals surface area contributed by atoms with E-state index in [9.17, 15) is 0 Å². The molecular formula is C17H20BrNO. The first kappa shape index (κ1) is 15.1. The Morgan fingerprint density at radius 3 is 2.45 bits per heavy atom. The summed E-state index contributed by atoms with van der Waals surface area (Å²) >= 11 is 3.62. The van der Waals surface area contributed by atoms with Crippen LogP contribution in [-0.4, -0.2) is 7.11 Å². The quantitative estimate of drug-likeness (QED) is 0.862. The standard InChI is InChI=1S/C17H20BrNO/c1-12-4-5-15(17(18)10-12)11-19-13(2)14-6-8-16(20-3)9-7-14/h4-10,13,19H,11H2,1-3H3/t13-/m0/s1. The lowest BCUT2D eigenvalue weighted by Crippen LogP contribution is -2.18. The van der Waals surface area contributed by atoms with Gasteiger partial charge in [0.05, 0.1) is 7.11 Å². The molecule has 3 heteroatoms. The Morgan fingerprint density at radius 2 is 1.85 bits per heavy atom. The molecular weight excluding hydrogens is 314 g/mol. The summed E-state index contributed by atoms with van der Waals surface area (Å²) in [4.78, 5) is 0. The van der Waals surface area contributed by atoms with Gasteiger partial charge in [0.25, 0.3) is 0 Å². The van der Waals surface area contributed by atoms with Gasteiger partial charge in [0.15, 0.2) is 0 Å². The van der Waals surface area contributed by atoms with Crippen molar-refractivity contribution in [3.8, 4) is 5.75 Å². The van der Waals surface area contributed by atoms with Crippen LogP contribution in [-0.2, 0) is 6.54 Å². The molecule has 0 saturated heterocycles. The normalized spacial score (nSPS) is 12.2. The highest BCUT2D eigenvalue weighted by Crippen LogP contribution is 2.21. The highest BCUT2D eigenvalue weighted by molar-refractivity contribution is 9.10. The Kier molecular flexibility index (Phi) is 5.21. The van der Waals surface area contributed by atoms with Crippen LogP contribution in [0.2, 0.25) is 0 Å². The maximum absolute atomic E-state index is 5.18. The number of methoxy groups -OCH3 is 1.